The van der Waals surface area contributed by atoms with Gasteiger partial charge in [-0.1, -0.05) is 6.08 Å². The standard InChI is InChI=1S/C13H22N2O4/c1-3-7-15(10-12(16)17)13(18)14(4-2)9-11-6-5-8-19-11/h3,11H,1,4-10H2,2H3,(H,16,17). The molecule has 1 aliphatic rings. The molecule has 0 aromatic heterocycles. The van der Waals surface area contributed by atoms with Crippen LogP contribution in [0.5, 0.6) is 0 Å². The van der Waals surface area contributed by atoms with E-state index in [9.17, 15) is 9.59 Å². The molecule has 19 heavy (non-hydrogen) atoms. The third-order valence-electron chi connectivity index (χ3n) is 3.05. The Morgan fingerprint density at radius 1 is 1.47 bits per heavy atom. The second-order valence-corrected chi connectivity index (χ2v) is 4.52. The summed E-state index contributed by atoms with van der Waals surface area (Å²) in [6.45, 7) is 7.13. The van der Waals surface area contributed by atoms with Crippen LogP contribution in [0.2, 0.25) is 0 Å². The van der Waals surface area contributed by atoms with Gasteiger partial charge in [-0.15, -0.1) is 6.58 Å². The van der Waals surface area contributed by atoms with E-state index in [1.807, 2.05) is 6.92 Å². The van der Waals surface area contributed by atoms with Gasteiger partial charge in [0.05, 0.1) is 6.10 Å². The van der Waals surface area contributed by atoms with Crippen LogP contribution < -0.4 is 0 Å². The molecule has 0 radical (unpaired) electrons. The van der Waals surface area contributed by atoms with Crippen molar-refractivity contribution in [2.75, 3.05) is 32.8 Å². The average Bonchev–Trinajstić information content (AvgIpc) is 2.87. The molecule has 6 nitrogen and oxygen atoms in total. The number of hydrogen-bond donors (Lipinski definition) is 1. The molecule has 0 bridgehead atoms. The molecule has 1 heterocycles. The minimum Gasteiger partial charge on any atom is -0.480 e. The molecule has 1 fully saturated rings. The van der Waals surface area contributed by atoms with Gasteiger partial charge in [0.15, 0.2) is 0 Å². The third-order valence-corrected chi connectivity index (χ3v) is 3.05. The van der Waals surface area contributed by atoms with Gasteiger partial charge in [-0.25, -0.2) is 4.79 Å². The normalized spacial score (nSPS) is 18.1. The lowest BCUT2D eigenvalue weighted by atomic mass is 10.2. The molecule has 0 aromatic rings. The number of nitrogens with zero attached hydrogens (tertiary/aromatic N) is 2. The van der Waals surface area contributed by atoms with Crippen molar-refractivity contribution in [3.05, 3.63) is 12.7 Å². The van der Waals surface area contributed by atoms with E-state index in [2.05, 4.69) is 6.58 Å². The fourth-order valence-corrected chi connectivity index (χ4v) is 2.11. The minimum absolute atomic E-state index is 0.0688. The van der Waals surface area contributed by atoms with Crippen molar-refractivity contribution in [3.63, 3.8) is 0 Å². The van der Waals surface area contributed by atoms with E-state index < -0.39 is 5.97 Å². The first kappa shape index (κ1) is 15.5. The first-order chi connectivity index (χ1) is 9.08. The number of hydrogen-bond acceptors (Lipinski definition) is 3. The fourth-order valence-electron chi connectivity index (χ4n) is 2.11. The van der Waals surface area contributed by atoms with Crippen LogP contribution in [0.4, 0.5) is 4.79 Å². The number of aliphatic carboxylic acids is 1. The van der Waals surface area contributed by atoms with Crippen LogP contribution in [-0.2, 0) is 9.53 Å². The van der Waals surface area contributed by atoms with E-state index in [0.717, 1.165) is 19.4 Å². The summed E-state index contributed by atoms with van der Waals surface area (Å²) in [5.74, 6) is -1.02. The molecule has 1 aliphatic heterocycles. The Labute approximate surface area is 113 Å². The number of likely N-dealkylation sites (N-methyl/N-ethyl adjacent to an activating group) is 1. The summed E-state index contributed by atoms with van der Waals surface area (Å²) in [4.78, 5) is 25.9. The summed E-state index contributed by atoms with van der Waals surface area (Å²) < 4.78 is 5.51. The van der Waals surface area contributed by atoms with Crippen molar-refractivity contribution in [1.29, 1.82) is 0 Å². The van der Waals surface area contributed by atoms with Gasteiger partial charge in [0.1, 0.15) is 6.54 Å². The second kappa shape index (κ2) is 7.78. The van der Waals surface area contributed by atoms with Gasteiger partial charge in [-0.2, -0.15) is 0 Å². The zero-order chi connectivity index (χ0) is 14.3. The number of amides is 2. The highest BCUT2D eigenvalue weighted by atomic mass is 16.5. The third kappa shape index (κ3) is 4.90. The molecular formula is C13H22N2O4. The molecule has 6 heteroatoms. The second-order valence-electron chi connectivity index (χ2n) is 4.52. The molecule has 1 atom stereocenters. The highest BCUT2D eigenvalue weighted by molar-refractivity contribution is 5.80. The lowest BCUT2D eigenvalue weighted by molar-refractivity contribution is -0.137. The molecule has 0 saturated carbocycles. The van der Waals surface area contributed by atoms with Crippen LogP contribution >= 0.6 is 0 Å². The molecule has 108 valence electrons. The van der Waals surface area contributed by atoms with Gasteiger partial charge in [0, 0.05) is 26.2 Å². The SMILES string of the molecule is C=CCN(CC(=O)O)C(=O)N(CC)CC1CCCO1. The summed E-state index contributed by atoms with van der Waals surface area (Å²) in [6, 6.07) is -0.277. The Hall–Kier alpha value is -1.56. The summed E-state index contributed by atoms with van der Waals surface area (Å²) in [6.07, 6.45) is 3.56. The number of carboxylic acids is 1. The largest absolute Gasteiger partial charge is 0.480 e. The Morgan fingerprint density at radius 2 is 2.21 bits per heavy atom. The molecule has 0 aliphatic carbocycles. The van der Waals surface area contributed by atoms with E-state index in [1.54, 1.807) is 4.90 Å². The Balaban J connectivity index is 2.61. The average molecular weight is 270 g/mol. The number of carboxylic acid groups (broad SMARTS) is 1. The molecule has 2 amide bonds. The zero-order valence-electron chi connectivity index (χ0n) is 11.4. The fraction of sp³-hybridized carbons (Fsp3) is 0.692. The van der Waals surface area contributed by atoms with Crippen molar-refractivity contribution >= 4 is 12.0 Å². The van der Waals surface area contributed by atoms with E-state index in [0.29, 0.717) is 13.1 Å². The van der Waals surface area contributed by atoms with Crippen LogP contribution in [-0.4, -0.2) is 65.8 Å². The van der Waals surface area contributed by atoms with Crippen LogP contribution in [0.15, 0.2) is 12.7 Å². The molecular weight excluding hydrogens is 248 g/mol. The van der Waals surface area contributed by atoms with Gasteiger partial charge in [0.2, 0.25) is 0 Å². The number of ether oxygens (including phenoxy) is 1. The summed E-state index contributed by atoms with van der Waals surface area (Å²) >= 11 is 0. The van der Waals surface area contributed by atoms with E-state index in [1.165, 1.54) is 11.0 Å². The van der Waals surface area contributed by atoms with Crippen molar-refractivity contribution in [1.82, 2.24) is 9.80 Å². The number of urea groups is 1. The zero-order valence-corrected chi connectivity index (χ0v) is 11.4. The topological polar surface area (TPSA) is 70.1 Å². The van der Waals surface area contributed by atoms with Gasteiger partial charge in [-0.3, -0.25) is 4.79 Å². The minimum atomic E-state index is -1.02. The van der Waals surface area contributed by atoms with Crippen LogP contribution in [0.25, 0.3) is 0 Å². The van der Waals surface area contributed by atoms with Gasteiger partial charge < -0.3 is 19.6 Å². The summed E-state index contributed by atoms with van der Waals surface area (Å²) in [5.41, 5.74) is 0. The van der Waals surface area contributed by atoms with E-state index in [-0.39, 0.29) is 25.2 Å². The van der Waals surface area contributed by atoms with Crippen molar-refractivity contribution in [2.24, 2.45) is 0 Å². The smallest absolute Gasteiger partial charge is 0.323 e. The Morgan fingerprint density at radius 3 is 2.68 bits per heavy atom. The molecule has 0 aromatic carbocycles. The van der Waals surface area contributed by atoms with E-state index in [4.69, 9.17) is 9.84 Å². The lowest BCUT2D eigenvalue weighted by Gasteiger charge is -2.29. The predicted molar refractivity (Wildman–Crippen MR) is 71.0 cm³/mol. The van der Waals surface area contributed by atoms with Crippen LogP contribution in [0.1, 0.15) is 19.8 Å². The van der Waals surface area contributed by atoms with E-state index >= 15 is 0 Å². The number of rotatable bonds is 7. The van der Waals surface area contributed by atoms with Gasteiger partial charge in [-0.05, 0) is 19.8 Å². The quantitative estimate of drug-likeness (QED) is 0.705. The number of carbonyl (C=O) groups is 2. The Bertz CT molecular complexity index is 327. The van der Waals surface area contributed by atoms with Crippen molar-refractivity contribution in [3.8, 4) is 0 Å². The van der Waals surface area contributed by atoms with Gasteiger partial charge >= 0.3 is 12.0 Å². The van der Waals surface area contributed by atoms with Crippen molar-refractivity contribution in [2.45, 2.75) is 25.9 Å². The molecule has 0 spiro atoms. The number of carbonyl (C=O) groups excluding carboxylic acids is 1. The highest BCUT2D eigenvalue weighted by Crippen LogP contribution is 2.14. The maximum absolute atomic E-state index is 12.3. The molecule has 1 rings (SSSR count). The maximum atomic E-state index is 12.3. The molecule has 1 N–H and O–H groups in total. The first-order valence-corrected chi connectivity index (χ1v) is 6.56. The maximum Gasteiger partial charge on any atom is 0.323 e. The van der Waals surface area contributed by atoms with Crippen LogP contribution in [0.3, 0.4) is 0 Å². The lowest BCUT2D eigenvalue weighted by Crippen LogP contribution is -2.47. The first-order valence-electron chi connectivity index (χ1n) is 6.56. The summed E-state index contributed by atoms with van der Waals surface area (Å²) in [7, 11) is 0. The van der Waals surface area contributed by atoms with Crippen LogP contribution in [0, 0.1) is 0 Å². The molecule has 1 unspecified atom stereocenters. The van der Waals surface area contributed by atoms with Crippen molar-refractivity contribution < 1.29 is 19.4 Å². The monoisotopic (exact) mass is 270 g/mol. The summed E-state index contributed by atoms with van der Waals surface area (Å²) in [5, 5.41) is 8.83. The molecule has 1 saturated heterocycles. The highest BCUT2D eigenvalue weighted by Gasteiger charge is 2.25. The van der Waals surface area contributed by atoms with Gasteiger partial charge in [0.25, 0.3) is 0 Å². The Kier molecular flexibility index (Phi) is 6.35. The predicted octanol–water partition coefficient (Wildman–Crippen LogP) is 1.18.